The lowest BCUT2D eigenvalue weighted by atomic mass is 10.1. The molecule has 1 aliphatic rings. The van der Waals surface area contributed by atoms with Crippen molar-refractivity contribution in [3.8, 4) is 33.1 Å². The smallest absolute Gasteiger partial charge is 0.261 e. The molecule has 10 heteroatoms. The van der Waals surface area contributed by atoms with Gasteiger partial charge in [0.15, 0.2) is 5.78 Å². The third kappa shape index (κ3) is 4.48. The van der Waals surface area contributed by atoms with Crippen LogP contribution in [0, 0.1) is 0 Å². The summed E-state index contributed by atoms with van der Waals surface area (Å²) in [5.74, 6) is -2.57. The summed E-state index contributed by atoms with van der Waals surface area (Å²) >= 11 is 1.49. The van der Waals surface area contributed by atoms with E-state index in [1.165, 1.54) is 11.3 Å². The molecule has 2 N–H and O–H groups in total. The number of carbonyl (C=O) groups excluding carboxylic acids is 1. The van der Waals surface area contributed by atoms with Gasteiger partial charge >= 0.3 is 0 Å². The first-order chi connectivity index (χ1) is 19.3. The van der Waals surface area contributed by atoms with Crippen LogP contribution < -0.4 is 0 Å². The fourth-order valence-electron chi connectivity index (χ4n) is 5.36. The molecule has 0 spiro atoms. The highest BCUT2D eigenvalue weighted by Crippen LogP contribution is 2.37. The van der Waals surface area contributed by atoms with Crippen molar-refractivity contribution >= 4 is 38.9 Å². The largest absolute Gasteiger partial charge is 0.353 e. The molecule has 5 aromatic heterocycles. The molecule has 1 aromatic carbocycles. The van der Waals surface area contributed by atoms with Gasteiger partial charge in [-0.25, -0.2) is 8.78 Å². The number of benzene rings is 1. The standard InChI is InChI=1S/C30H24F2N6OS/c1-17(39)27-5-6-28(40-27)20-3-2-4-23-21(20)10-25(35-23)29-22-11-24(34-14-26(22)36-37-29)19-9-18(12-33-13-19)15-38-8-7-30(31,32)16-38/h2-6,9-14,35H,7-8,15-16H2,1H3,(H,36,37). The lowest BCUT2D eigenvalue weighted by molar-refractivity contribution is 0.0115. The average molecular weight is 555 g/mol. The molecular formula is C30H24F2N6OS. The Morgan fingerprint density at radius 3 is 2.77 bits per heavy atom. The Morgan fingerprint density at radius 2 is 1.98 bits per heavy atom. The van der Waals surface area contributed by atoms with Gasteiger partial charge in [0.05, 0.1) is 34.5 Å². The van der Waals surface area contributed by atoms with Crippen molar-refractivity contribution in [2.45, 2.75) is 25.8 Å². The van der Waals surface area contributed by atoms with E-state index in [1.54, 1.807) is 30.4 Å². The molecule has 7 rings (SSSR count). The van der Waals surface area contributed by atoms with Crippen molar-refractivity contribution < 1.29 is 13.6 Å². The second kappa shape index (κ2) is 9.42. The molecule has 1 aliphatic heterocycles. The maximum atomic E-state index is 13.7. The number of Topliss-reactive ketones (excluding diaryl/α,β-unsaturated/α-hetero) is 1. The van der Waals surface area contributed by atoms with Gasteiger partial charge in [0.1, 0.15) is 5.69 Å². The topological polar surface area (TPSA) is 90.6 Å². The van der Waals surface area contributed by atoms with Crippen LogP contribution in [0.2, 0.25) is 0 Å². The summed E-state index contributed by atoms with van der Waals surface area (Å²) in [6.45, 7) is 2.15. The van der Waals surface area contributed by atoms with Crippen LogP contribution in [0.25, 0.3) is 54.9 Å². The van der Waals surface area contributed by atoms with E-state index in [9.17, 15) is 13.6 Å². The predicted molar refractivity (Wildman–Crippen MR) is 153 cm³/mol. The molecule has 200 valence electrons. The van der Waals surface area contributed by atoms with E-state index in [0.29, 0.717) is 13.1 Å². The van der Waals surface area contributed by atoms with Crippen molar-refractivity contribution in [1.29, 1.82) is 0 Å². The zero-order valence-electron chi connectivity index (χ0n) is 21.5. The van der Waals surface area contributed by atoms with Gasteiger partial charge in [0.2, 0.25) is 0 Å². The minimum atomic E-state index is -2.63. The highest BCUT2D eigenvalue weighted by Gasteiger charge is 2.37. The minimum Gasteiger partial charge on any atom is -0.353 e. The summed E-state index contributed by atoms with van der Waals surface area (Å²) in [5, 5.41) is 9.62. The van der Waals surface area contributed by atoms with E-state index in [1.807, 2.05) is 36.4 Å². The Hall–Kier alpha value is -4.28. The number of rotatable bonds is 6. The zero-order valence-corrected chi connectivity index (χ0v) is 22.4. The highest BCUT2D eigenvalue weighted by molar-refractivity contribution is 7.17. The summed E-state index contributed by atoms with van der Waals surface area (Å²) < 4.78 is 27.3. The number of hydrogen-bond donors (Lipinski definition) is 2. The number of alkyl halides is 2. The third-order valence-electron chi connectivity index (χ3n) is 7.33. The Labute approximate surface area is 231 Å². The van der Waals surface area contributed by atoms with Gasteiger partial charge in [-0.15, -0.1) is 11.3 Å². The number of hydrogen-bond acceptors (Lipinski definition) is 6. The van der Waals surface area contributed by atoms with Crippen LogP contribution in [-0.2, 0) is 6.54 Å². The molecule has 0 atom stereocenters. The van der Waals surface area contributed by atoms with Crippen LogP contribution in [0.15, 0.2) is 67.1 Å². The van der Waals surface area contributed by atoms with Crippen molar-refractivity contribution in [3.05, 3.63) is 77.6 Å². The molecule has 0 saturated carbocycles. The van der Waals surface area contributed by atoms with E-state index in [0.717, 1.165) is 65.3 Å². The fourth-order valence-corrected chi connectivity index (χ4v) is 6.30. The second-order valence-electron chi connectivity index (χ2n) is 10.3. The van der Waals surface area contributed by atoms with Gasteiger partial charge < -0.3 is 4.98 Å². The van der Waals surface area contributed by atoms with Crippen molar-refractivity contribution in [3.63, 3.8) is 0 Å². The molecular weight excluding hydrogens is 530 g/mol. The van der Waals surface area contributed by atoms with Gasteiger partial charge in [-0.05, 0) is 48.9 Å². The average Bonchev–Trinajstić information content (AvgIpc) is 3.73. The maximum Gasteiger partial charge on any atom is 0.261 e. The number of H-pyrrole nitrogens is 2. The van der Waals surface area contributed by atoms with Crippen LogP contribution in [0.3, 0.4) is 0 Å². The van der Waals surface area contributed by atoms with Gasteiger partial charge in [0.25, 0.3) is 5.92 Å². The van der Waals surface area contributed by atoms with Crippen LogP contribution in [0.1, 0.15) is 28.6 Å². The normalized spacial score (nSPS) is 15.4. The quantitative estimate of drug-likeness (QED) is 0.218. The first-order valence-corrected chi connectivity index (χ1v) is 13.8. The Balaban J connectivity index is 1.24. The molecule has 6 heterocycles. The lowest BCUT2D eigenvalue weighted by Crippen LogP contribution is -2.24. The Bertz CT molecular complexity index is 1900. The number of thiophene rings is 1. The molecule has 0 amide bonds. The van der Waals surface area contributed by atoms with Crippen molar-refractivity contribution in [2.24, 2.45) is 0 Å². The van der Waals surface area contributed by atoms with E-state index >= 15 is 0 Å². The lowest BCUT2D eigenvalue weighted by Gasteiger charge is -2.15. The number of halogens is 2. The molecule has 1 saturated heterocycles. The van der Waals surface area contributed by atoms with Crippen LogP contribution >= 0.6 is 11.3 Å². The summed E-state index contributed by atoms with van der Waals surface area (Å²) in [4.78, 5) is 27.8. The first kappa shape index (κ1) is 24.7. The third-order valence-corrected chi connectivity index (χ3v) is 8.55. The van der Waals surface area contributed by atoms with Gasteiger partial charge in [0, 0.05) is 64.2 Å². The molecule has 0 unspecified atom stereocenters. The number of aromatic amines is 2. The summed E-state index contributed by atoms with van der Waals surface area (Å²) in [6.07, 6.45) is 5.10. The van der Waals surface area contributed by atoms with Crippen LogP contribution in [0.4, 0.5) is 8.78 Å². The molecule has 1 fully saturated rings. The number of nitrogens with one attached hydrogen (secondary N) is 2. The molecule has 6 aromatic rings. The monoisotopic (exact) mass is 554 g/mol. The summed E-state index contributed by atoms with van der Waals surface area (Å²) in [6, 6.07) is 16.0. The number of carbonyl (C=O) groups is 1. The van der Waals surface area contributed by atoms with E-state index in [-0.39, 0.29) is 18.7 Å². The summed E-state index contributed by atoms with van der Waals surface area (Å²) in [5.41, 5.74) is 6.85. The number of aromatic nitrogens is 5. The predicted octanol–water partition coefficient (Wildman–Crippen LogP) is 6.94. The Morgan fingerprint density at radius 1 is 1.07 bits per heavy atom. The number of fused-ring (bicyclic) bond motifs is 2. The summed E-state index contributed by atoms with van der Waals surface area (Å²) in [7, 11) is 0. The van der Waals surface area contributed by atoms with Crippen LogP contribution in [-0.4, -0.2) is 54.8 Å². The number of likely N-dealkylation sites (tertiary alicyclic amines) is 1. The van der Waals surface area contributed by atoms with E-state index in [2.05, 4.69) is 37.3 Å². The Kier molecular flexibility index (Phi) is 5.83. The fraction of sp³-hybridized carbons (Fsp3) is 0.200. The highest BCUT2D eigenvalue weighted by atomic mass is 32.1. The maximum absolute atomic E-state index is 13.7. The van der Waals surface area contributed by atoms with Gasteiger partial charge in [-0.2, -0.15) is 5.10 Å². The SMILES string of the molecule is CC(=O)c1ccc(-c2cccc3[nH]c(-c4n[nH]c5cnc(-c6cncc(CN7CCC(F)(F)C7)c6)cc45)cc23)s1. The molecule has 7 nitrogen and oxygen atoms in total. The van der Waals surface area contributed by atoms with Crippen molar-refractivity contribution in [1.82, 2.24) is 30.0 Å². The van der Waals surface area contributed by atoms with Gasteiger partial charge in [-0.3, -0.25) is 24.8 Å². The number of ketones is 1. The minimum absolute atomic E-state index is 0.0592. The molecule has 0 bridgehead atoms. The van der Waals surface area contributed by atoms with Crippen LogP contribution in [0.5, 0.6) is 0 Å². The molecule has 40 heavy (non-hydrogen) atoms. The molecule has 0 aliphatic carbocycles. The van der Waals surface area contributed by atoms with Gasteiger partial charge in [-0.1, -0.05) is 12.1 Å². The zero-order chi connectivity index (χ0) is 27.4. The van der Waals surface area contributed by atoms with E-state index in [4.69, 9.17) is 0 Å². The first-order valence-electron chi connectivity index (χ1n) is 12.9. The molecule has 0 radical (unpaired) electrons. The van der Waals surface area contributed by atoms with E-state index < -0.39 is 5.92 Å². The number of nitrogens with zero attached hydrogens (tertiary/aromatic N) is 4. The van der Waals surface area contributed by atoms with Crippen molar-refractivity contribution in [2.75, 3.05) is 13.1 Å². The second-order valence-corrected chi connectivity index (χ2v) is 11.3. The number of pyridine rings is 2.